The minimum absolute atomic E-state index is 0.265. The standard InChI is InChI=1S/C27H30N8O2/c1-3-24(36)30-23-7-5-4-6-19(23)17-35-18-20-16-28-26(31-25(20)32-27(35)37)29-21-8-10-22(11-9-21)34-14-12-33(2)13-15-34/h3-11,16H,1,12-15,17-18H2,2H3,(H,30,36)(H2,28,29,31,32,37). The number of aromatic nitrogens is 2. The molecule has 1 fully saturated rings. The summed E-state index contributed by atoms with van der Waals surface area (Å²) in [6.45, 7) is 8.31. The Hall–Kier alpha value is -4.44. The number of anilines is 5. The van der Waals surface area contributed by atoms with Gasteiger partial charge >= 0.3 is 6.03 Å². The van der Waals surface area contributed by atoms with E-state index in [0.717, 1.165) is 43.0 Å². The smallest absolute Gasteiger partial charge is 0.323 e. The lowest BCUT2D eigenvalue weighted by molar-refractivity contribution is -0.111. The minimum atomic E-state index is -0.303. The molecule has 3 N–H and O–H groups in total. The number of carbonyl (C=O) groups excluding carboxylic acids is 2. The van der Waals surface area contributed by atoms with Gasteiger partial charge in [0.1, 0.15) is 5.82 Å². The molecule has 190 valence electrons. The van der Waals surface area contributed by atoms with Crippen LogP contribution in [0.3, 0.4) is 0 Å². The van der Waals surface area contributed by atoms with Crippen LogP contribution >= 0.6 is 0 Å². The summed E-state index contributed by atoms with van der Waals surface area (Å²) in [5.41, 5.74) is 4.34. The van der Waals surface area contributed by atoms with Crippen LogP contribution < -0.4 is 20.9 Å². The number of hydrogen-bond donors (Lipinski definition) is 3. The highest BCUT2D eigenvalue weighted by Crippen LogP contribution is 2.27. The topological polar surface area (TPSA) is 106 Å². The van der Waals surface area contributed by atoms with Gasteiger partial charge in [0.15, 0.2) is 0 Å². The summed E-state index contributed by atoms with van der Waals surface area (Å²) in [6, 6.07) is 15.3. The van der Waals surface area contributed by atoms with Crippen molar-refractivity contribution in [3.8, 4) is 0 Å². The van der Waals surface area contributed by atoms with Gasteiger partial charge in [0.2, 0.25) is 11.9 Å². The van der Waals surface area contributed by atoms with E-state index in [1.165, 1.54) is 11.8 Å². The van der Waals surface area contributed by atoms with Gasteiger partial charge in [-0.05, 0) is 49.0 Å². The van der Waals surface area contributed by atoms with Crippen LogP contribution in [0.2, 0.25) is 0 Å². The second-order valence-electron chi connectivity index (χ2n) is 9.17. The molecule has 0 spiro atoms. The third-order valence-corrected chi connectivity index (χ3v) is 6.55. The second kappa shape index (κ2) is 10.7. The van der Waals surface area contributed by atoms with Crippen molar-refractivity contribution < 1.29 is 9.59 Å². The Balaban J connectivity index is 1.24. The number of urea groups is 1. The number of fused-ring (bicyclic) bond motifs is 1. The lowest BCUT2D eigenvalue weighted by atomic mass is 10.1. The molecule has 0 aliphatic carbocycles. The fraction of sp³-hybridized carbons (Fsp3) is 0.259. The van der Waals surface area contributed by atoms with Gasteiger partial charge in [0.05, 0.1) is 6.54 Å². The van der Waals surface area contributed by atoms with Crippen LogP contribution in [0.5, 0.6) is 0 Å². The van der Waals surface area contributed by atoms with Crippen LogP contribution in [0.1, 0.15) is 11.1 Å². The summed E-state index contributed by atoms with van der Waals surface area (Å²) in [7, 11) is 2.15. The molecule has 37 heavy (non-hydrogen) atoms. The van der Waals surface area contributed by atoms with Gasteiger partial charge in [-0.2, -0.15) is 4.98 Å². The third-order valence-electron chi connectivity index (χ3n) is 6.55. The number of nitrogens with zero attached hydrogens (tertiary/aromatic N) is 5. The van der Waals surface area contributed by atoms with Crippen LogP contribution in [0.4, 0.5) is 33.6 Å². The molecule has 5 rings (SSSR count). The van der Waals surface area contributed by atoms with Gasteiger partial charge in [0.25, 0.3) is 0 Å². The Morgan fingerprint density at radius 3 is 2.62 bits per heavy atom. The van der Waals surface area contributed by atoms with Crippen molar-refractivity contribution in [2.75, 3.05) is 54.1 Å². The van der Waals surface area contributed by atoms with Crippen LogP contribution in [0.25, 0.3) is 0 Å². The van der Waals surface area contributed by atoms with Crippen molar-refractivity contribution in [1.29, 1.82) is 0 Å². The van der Waals surface area contributed by atoms with E-state index in [2.05, 4.69) is 61.5 Å². The molecule has 1 aromatic heterocycles. The van der Waals surface area contributed by atoms with Gasteiger partial charge in [-0.15, -0.1) is 0 Å². The highest BCUT2D eigenvalue weighted by molar-refractivity contribution is 5.99. The van der Waals surface area contributed by atoms with E-state index >= 15 is 0 Å². The summed E-state index contributed by atoms with van der Waals surface area (Å²) in [5, 5.41) is 8.88. The van der Waals surface area contributed by atoms with Crippen molar-refractivity contribution in [3.63, 3.8) is 0 Å². The lowest BCUT2D eigenvalue weighted by Crippen LogP contribution is -2.44. The molecule has 2 aromatic carbocycles. The summed E-state index contributed by atoms with van der Waals surface area (Å²) in [4.78, 5) is 40.0. The zero-order valence-electron chi connectivity index (χ0n) is 20.8. The first-order chi connectivity index (χ1) is 18.0. The van der Waals surface area contributed by atoms with Crippen LogP contribution in [-0.2, 0) is 17.9 Å². The maximum Gasteiger partial charge on any atom is 0.323 e. The van der Waals surface area contributed by atoms with Crippen LogP contribution in [0, 0.1) is 0 Å². The molecule has 0 bridgehead atoms. The second-order valence-corrected chi connectivity index (χ2v) is 9.17. The van der Waals surface area contributed by atoms with E-state index in [1.54, 1.807) is 17.2 Å². The molecule has 1 saturated heterocycles. The van der Waals surface area contributed by atoms with E-state index < -0.39 is 0 Å². The SMILES string of the molecule is C=CC(=O)Nc1ccccc1CN1Cc2cnc(Nc3ccc(N4CCN(C)CC4)cc3)nc2NC1=O. The lowest BCUT2D eigenvalue weighted by Gasteiger charge is -2.34. The van der Waals surface area contributed by atoms with Crippen molar-refractivity contribution in [2.24, 2.45) is 0 Å². The number of rotatable bonds is 7. The quantitative estimate of drug-likeness (QED) is 0.427. The summed E-state index contributed by atoms with van der Waals surface area (Å²) in [5.74, 6) is 0.599. The molecule has 3 heterocycles. The molecule has 0 radical (unpaired) electrons. The molecule has 0 atom stereocenters. The van der Waals surface area contributed by atoms with Gasteiger partial charge in [-0.25, -0.2) is 9.78 Å². The number of likely N-dealkylation sites (N-methyl/N-ethyl adjacent to an activating group) is 1. The fourth-order valence-corrected chi connectivity index (χ4v) is 4.40. The molecule has 2 aliphatic heterocycles. The molecular formula is C27H30N8O2. The van der Waals surface area contributed by atoms with Crippen molar-refractivity contribution in [1.82, 2.24) is 19.8 Å². The maximum atomic E-state index is 12.9. The van der Waals surface area contributed by atoms with Gasteiger partial charge < -0.3 is 25.3 Å². The van der Waals surface area contributed by atoms with E-state index in [-0.39, 0.29) is 11.9 Å². The Morgan fingerprint density at radius 1 is 1.11 bits per heavy atom. The van der Waals surface area contributed by atoms with Crippen LogP contribution in [0.15, 0.2) is 67.4 Å². The Bertz CT molecular complexity index is 1300. The van der Waals surface area contributed by atoms with Crippen molar-refractivity contribution in [3.05, 3.63) is 78.5 Å². The molecule has 3 aromatic rings. The maximum absolute atomic E-state index is 12.9. The first-order valence-corrected chi connectivity index (χ1v) is 12.2. The summed E-state index contributed by atoms with van der Waals surface area (Å²) < 4.78 is 0. The summed E-state index contributed by atoms with van der Waals surface area (Å²) in [6.07, 6.45) is 2.94. The number of piperazine rings is 1. The number of benzene rings is 2. The van der Waals surface area contributed by atoms with E-state index in [0.29, 0.717) is 30.5 Å². The fourth-order valence-electron chi connectivity index (χ4n) is 4.40. The third kappa shape index (κ3) is 5.70. The van der Waals surface area contributed by atoms with Crippen molar-refractivity contribution in [2.45, 2.75) is 13.1 Å². The van der Waals surface area contributed by atoms with E-state index in [1.807, 2.05) is 30.3 Å². The van der Waals surface area contributed by atoms with Crippen molar-refractivity contribution >= 4 is 40.8 Å². The number of carbonyl (C=O) groups is 2. The molecule has 3 amide bonds. The zero-order chi connectivity index (χ0) is 25.8. The highest BCUT2D eigenvalue weighted by Gasteiger charge is 2.25. The molecule has 0 unspecified atom stereocenters. The molecule has 10 heteroatoms. The average molecular weight is 499 g/mol. The van der Waals surface area contributed by atoms with Gasteiger partial charge in [-0.3, -0.25) is 10.1 Å². The Morgan fingerprint density at radius 2 is 1.86 bits per heavy atom. The number of para-hydroxylation sites is 1. The normalized spacial score (nSPS) is 15.5. The van der Waals surface area contributed by atoms with E-state index in [9.17, 15) is 9.59 Å². The zero-order valence-corrected chi connectivity index (χ0v) is 20.8. The Labute approximate surface area is 216 Å². The molecule has 0 saturated carbocycles. The molecule has 2 aliphatic rings. The number of amides is 3. The highest BCUT2D eigenvalue weighted by atomic mass is 16.2. The predicted molar refractivity (Wildman–Crippen MR) is 145 cm³/mol. The van der Waals surface area contributed by atoms with E-state index in [4.69, 9.17) is 0 Å². The summed E-state index contributed by atoms with van der Waals surface area (Å²) >= 11 is 0. The minimum Gasteiger partial charge on any atom is -0.369 e. The average Bonchev–Trinajstić information content (AvgIpc) is 2.91. The Kier molecular flexibility index (Phi) is 7.00. The number of hydrogen-bond acceptors (Lipinski definition) is 7. The largest absolute Gasteiger partial charge is 0.369 e. The molecule has 10 nitrogen and oxygen atoms in total. The molecular weight excluding hydrogens is 468 g/mol. The van der Waals surface area contributed by atoms with Gasteiger partial charge in [0, 0.05) is 61.5 Å². The monoisotopic (exact) mass is 498 g/mol. The van der Waals surface area contributed by atoms with Gasteiger partial charge in [-0.1, -0.05) is 24.8 Å². The number of nitrogens with one attached hydrogen (secondary N) is 3. The first-order valence-electron chi connectivity index (χ1n) is 12.2. The predicted octanol–water partition coefficient (Wildman–Crippen LogP) is 3.64. The first kappa shape index (κ1) is 24.3. The van der Waals surface area contributed by atoms with Crippen LogP contribution in [-0.4, -0.2) is 64.9 Å².